The molecule has 1 unspecified atom stereocenters. The van der Waals surface area contributed by atoms with Gasteiger partial charge in [-0.3, -0.25) is 4.79 Å². The number of hydrogen-bond acceptors (Lipinski definition) is 3. The molecule has 0 N–H and O–H groups in total. The maximum atomic E-state index is 11.1. The second-order valence-corrected chi connectivity index (χ2v) is 7.93. The minimum Gasteiger partial charge on any atom is -1.00 e. The van der Waals surface area contributed by atoms with Crippen LogP contribution in [0, 0.1) is 6.92 Å². The molecule has 2 aromatic carbocycles. The van der Waals surface area contributed by atoms with Crippen LogP contribution in [-0.4, -0.2) is 20.0 Å². The monoisotopic (exact) mass is 345 g/mol. The van der Waals surface area contributed by atoms with E-state index >= 15 is 0 Å². The van der Waals surface area contributed by atoms with Crippen LogP contribution in [-0.2, 0) is 9.05 Å². The summed E-state index contributed by atoms with van der Waals surface area (Å²) in [5, 5.41) is 2.27. The number of rotatable bonds is 6. The molecule has 0 fully saturated rings. The first kappa shape index (κ1) is 20.4. The van der Waals surface area contributed by atoms with Gasteiger partial charge in [0.2, 0.25) is 0 Å². The van der Waals surface area contributed by atoms with Crippen molar-refractivity contribution < 1.29 is 34.1 Å². The molecule has 0 radical (unpaired) electrons. The summed E-state index contributed by atoms with van der Waals surface area (Å²) >= 11 is 6.26. The van der Waals surface area contributed by atoms with Crippen molar-refractivity contribution in [1.29, 1.82) is 0 Å². The van der Waals surface area contributed by atoms with E-state index in [0.717, 1.165) is 22.5 Å². The normalized spacial score (nSPS) is 13.0. The number of halogens is 1. The number of aldehydes is 1. The Morgan fingerprint density at radius 2 is 1.87 bits per heavy atom. The van der Waals surface area contributed by atoms with Crippen molar-refractivity contribution in [3.05, 3.63) is 58.6 Å². The summed E-state index contributed by atoms with van der Waals surface area (Å²) < 4.78 is 12.0. The minimum atomic E-state index is -2.47. The predicted octanol–water partition coefficient (Wildman–Crippen LogP) is 1.06. The maximum Gasteiger partial charge on any atom is 1.00 e. The summed E-state index contributed by atoms with van der Waals surface area (Å²) in [6.45, 7) is 4.31. The van der Waals surface area contributed by atoms with E-state index in [0.29, 0.717) is 17.2 Å². The molecule has 0 aliphatic carbocycles. The molecule has 0 aliphatic rings. The summed E-state index contributed by atoms with van der Waals surface area (Å²) in [5.41, 5.74) is 1.32. The van der Waals surface area contributed by atoms with Crippen LogP contribution in [0.4, 0.5) is 0 Å². The zero-order chi connectivity index (χ0) is 16.2. The Balaban J connectivity index is 0.00000264. The molecule has 118 valence electrons. The molecule has 2 aromatic rings. The average molecular weight is 346 g/mol. The van der Waals surface area contributed by atoms with Crippen LogP contribution in [0.5, 0.6) is 0 Å². The largest absolute Gasteiger partial charge is 1.00 e. The fraction of sp³-hybridized carbons (Fsp3) is 0.235. The van der Waals surface area contributed by atoms with E-state index in [-0.39, 0.29) is 20.3 Å². The topological polar surface area (TPSA) is 35.5 Å². The fourth-order valence-electron chi connectivity index (χ4n) is 2.42. The van der Waals surface area contributed by atoms with Crippen LogP contribution in [0.25, 0.3) is 0 Å². The summed E-state index contributed by atoms with van der Waals surface area (Å²) in [4.78, 5) is 11.1. The van der Waals surface area contributed by atoms with Gasteiger partial charge in [0.05, 0.1) is 18.7 Å². The number of hydrogen-bond donors (Lipinski definition) is 0. The molecule has 3 nitrogen and oxygen atoms in total. The number of carbonyl (C=O) groups excluding carboxylic acids is 1. The molecule has 0 saturated carbocycles. The molecule has 0 amide bonds. The standard InChI is InChI=1S/C17H19ClO3P.Li.H/c1-4-21-22(20-3,14-8-6-5-7-9-14)15-10-13(2)16(12-19)17(18)11-15;;/h5-12H,4H2,1-3H3;;/q2*+1;-1. The van der Waals surface area contributed by atoms with Gasteiger partial charge in [0, 0.05) is 11.6 Å². The van der Waals surface area contributed by atoms with Gasteiger partial charge >= 0.3 is 26.6 Å². The Morgan fingerprint density at radius 1 is 1.22 bits per heavy atom. The van der Waals surface area contributed by atoms with Gasteiger partial charge in [-0.2, -0.15) is 9.05 Å². The van der Waals surface area contributed by atoms with Crippen LogP contribution in [0.3, 0.4) is 0 Å². The molecule has 0 bridgehead atoms. The van der Waals surface area contributed by atoms with Gasteiger partial charge in [-0.25, -0.2) is 0 Å². The average Bonchev–Trinajstić information content (AvgIpc) is 2.53. The first-order valence-electron chi connectivity index (χ1n) is 7.00. The van der Waals surface area contributed by atoms with E-state index in [1.807, 2.05) is 50.2 Å². The van der Waals surface area contributed by atoms with E-state index < -0.39 is 7.72 Å². The molecule has 2 rings (SSSR count). The molecule has 0 aliphatic heterocycles. The van der Waals surface area contributed by atoms with Crippen LogP contribution in [0.15, 0.2) is 42.5 Å². The second-order valence-electron chi connectivity index (χ2n) is 4.76. The van der Waals surface area contributed by atoms with Crippen molar-refractivity contribution in [3.63, 3.8) is 0 Å². The Morgan fingerprint density at radius 3 is 2.35 bits per heavy atom. The van der Waals surface area contributed by atoms with Gasteiger partial charge < -0.3 is 1.43 Å². The van der Waals surface area contributed by atoms with Gasteiger partial charge in [-0.1, -0.05) is 29.8 Å². The molecular weight excluding hydrogens is 326 g/mol. The van der Waals surface area contributed by atoms with E-state index in [9.17, 15) is 4.79 Å². The van der Waals surface area contributed by atoms with E-state index in [2.05, 4.69) is 0 Å². The summed E-state index contributed by atoms with van der Waals surface area (Å²) in [6, 6.07) is 13.5. The predicted molar refractivity (Wildman–Crippen MR) is 94.0 cm³/mol. The zero-order valence-corrected chi connectivity index (χ0v) is 15.5. The van der Waals surface area contributed by atoms with Crippen molar-refractivity contribution >= 4 is 36.2 Å². The molecule has 1 atom stereocenters. The third-order valence-electron chi connectivity index (χ3n) is 3.44. The number of aryl methyl sites for hydroxylation is 1. The summed E-state index contributed by atoms with van der Waals surface area (Å²) in [7, 11) is -0.820. The molecule has 0 aromatic heterocycles. The van der Waals surface area contributed by atoms with Gasteiger partial charge in [-0.05, 0) is 37.6 Å². The zero-order valence-electron chi connectivity index (χ0n) is 14.9. The first-order valence-corrected chi connectivity index (χ1v) is 9.00. The van der Waals surface area contributed by atoms with Crippen LogP contribution < -0.4 is 29.5 Å². The van der Waals surface area contributed by atoms with Crippen molar-refractivity contribution in [2.45, 2.75) is 13.8 Å². The Bertz CT molecular complexity index is 649. The molecular formula is C17H20ClLiO3P+. The Labute approximate surface area is 156 Å². The molecule has 6 heteroatoms. The van der Waals surface area contributed by atoms with Crippen molar-refractivity contribution in [1.82, 2.24) is 0 Å². The van der Waals surface area contributed by atoms with E-state index in [1.54, 1.807) is 13.2 Å². The smallest absolute Gasteiger partial charge is 1.00 e. The van der Waals surface area contributed by atoms with E-state index in [4.69, 9.17) is 20.6 Å². The van der Waals surface area contributed by atoms with Gasteiger partial charge in [0.15, 0.2) is 16.9 Å². The molecule has 23 heavy (non-hydrogen) atoms. The van der Waals surface area contributed by atoms with Crippen LogP contribution >= 0.6 is 19.3 Å². The third-order valence-corrected chi connectivity index (χ3v) is 6.81. The minimum absolute atomic E-state index is 0. The Hall–Kier alpha value is -0.653. The second kappa shape index (κ2) is 8.99. The van der Waals surface area contributed by atoms with Gasteiger partial charge in [-0.15, -0.1) is 0 Å². The molecule has 0 heterocycles. The maximum absolute atomic E-state index is 11.1. The van der Waals surface area contributed by atoms with E-state index in [1.165, 1.54) is 0 Å². The van der Waals surface area contributed by atoms with Crippen molar-refractivity contribution in [3.8, 4) is 0 Å². The van der Waals surface area contributed by atoms with Crippen LogP contribution in [0.1, 0.15) is 24.3 Å². The molecule has 0 saturated heterocycles. The quantitative estimate of drug-likeness (QED) is 0.446. The number of carbonyl (C=O) groups is 1. The van der Waals surface area contributed by atoms with Crippen LogP contribution in [0.2, 0.25) is 5.02 Å². The SMILES string of the molecule is CCO[P+](OC)(c1ccccc1)c1cc(C)c(C=O)c(Cl)c1.[H-].[Li+]. The number of benzene rings is 2. The third kappa shape index (κ3) is 4.06. The van der Waals surface area contributed by atoms with Crippen molar-refractivity contribution in [2.24, 2.45) is 0 Å². The van der Waals surface area contributed by atoms with Gasteiger partial charge in [0.1, 0.15) is 0 Å². The van der Waals surface area contributed by atoms with Crippen molar-refractivity contribution in [2.75, 3.05) is 13.7 Å². The molecule has 0 spiro atoms. The summed E-state index contributed by atoms with van der Waals surface area (Å²) in [6.07, 6.45) is 0.775. The summed E-state index contributed by atoms with van der Waals surface area (Å²) in [5.74, 6) is 0. The first-order chi connectivity index (χ1) is 10.6. The van der Waals surface area contributed by atoms with Gasteiger partial charge in [0.25, 0.3) is 0 Å². The Kier molecular flexibility index (Phi) is 7.97. The fourth-order valence-corrected chi connectivity index (χ4v) is 5.53.